The van der Waals surface area contributed by atoms with Crippen LogP contribution >= 0.6 is 0 Å². The van der Waals surface area contributed by atoms with Gasteiger partial charge in [-0.15, -0.1) is 0 Å². The minimum atomic E-state index is 0.263. The van der Waals surface area contributed by atoms with E-state index in [1.54, 1.807) is 0 Å². The molecule has 3 heteroatoms. The Labute approximate surface area is 114 Å². The molecule has 0 spiro atoms. The molecule has 1 aromatic heterocycles. The third-order valence-corrected chi connectivity index (χ3v) is 3.86. The first-order chi connectivity index (χ1) is 9.40. The Morgan fingerprint density at radius 3 is 2.68 bits per heavy atom. The molecule has 2 aromatic rings. The Hall–Kier alpha value is -1.58. The average Bonchev–Trinajstić information content (AvgIpc) is 2.93. The van der Waals surface area contributed by atoms with E-state index >= 15 is 0 Å². The molecule has 0 amide bonds. The number of aliphatic hydroxyl groups excluding tert-OH is 1. The van der Waals surface area contributed by atoms with E-state index in [1.807, 2.05) is 0 Å². The van der Waals surface area contributed by atoms with Crippen LogP contribution in [-0.4, -0.2) is 34.3 Å². The van der Waals surface area contributed by atoms with Crippen LogP contribution in [-0.2, 0) is 6.54 Å². The van der Waals surface area contributed by atoms with Crippen molar-refractivity contribution in [1.29, 1.82) is 0 Å². The van der Waals surface area contributed by atoms with Crippen LogP contribution in [0.5, 0.6) is 0 Å². The average molecular weight is 256 g/mol. The molecule has 0 bridgehead atoms. The van der Waals surface area contributed by atoms with Crippen LogP contribution in [0.1, 0.15) is 23.7 Å². The second kappa shape index (κ2) is 5.59. The molecule has 3 nitrogen and oxygen atoms in total. The van der Waals surface area contributed by atoms with Crippen LogP contribution < -0.4 is 0 Å². The van der Waals surface area contributed by atoms with Gasteiger partial charge in [-0.3, -0.25) is 4.90 Å². The van der Waals surface area contributed by atoms with E-state index in [9.17, 15) is 0 Å². The molecule has 0 aliphatic carbocycles. The number of aromatic nitrogens is 1. The summed E-state index contributed by atoms with van der Waals surface area (Å²) in [7, 11) is 0. The summed E-state index contributed by atoms with van der Waals surface area (Å²) in [5, 5.41) is 9.08. The van der Waals surface area contributed by atoms with Crippen LogP contribution in [0, 0.1) is 0 Å². The van der Waals surface area contributed by atoms with Crippen molar-refractivity contribution in [3.63, 3.8) is 0 Å². The van der Waals surface area contributed by atoms with E-state index in [2.05, 4.69) is 58.1 Å². The quantitative estimate of drug-likeness (QED) is 0.909. The highest BCUT2D eigenvalue weighted by atomic mass is 16.3. The summed E-state index contributed by atoms with van der Waals surface area (Å²) in [5.41, 5.74) is 2.69. The smallest absolute Gasteiger partial charge is 0.0756 e. The summed E-state index contributed by atoms with van der Waals surface area (Å²) in [6.45, 7) is 3.29. The van der Waals surface area contributed by atoms with Crippen LogP contribution in [0.15, 0.2) is 48.7 Å². The normalized spacial score (nSPS) is 19.3. The molecule has 1 N–H and O–H groups in total. The third kappa shape index (κ3) is 2.44. The molecule has 3 rings (SSSR count). The molecule has 0 radical (unpaired) electrons. The van der Waals surface area contributed by atoms with Crippen molar-refractivity contribution in [2.75, 3.05) is 19.7 Å². The van der Waals surface area contributed by atoms with Gasteiger partial charge in [-0.1, -0.05) is 30.3 Å². The molecular formula is C16H20N2O. The fourth-order valence-electron chi connectivity index (χ4n) is 2.96. The zero-order valence-electron chi connectivity index (χ0n) is 11.1. The molecule has 0 saturated carbocycles. The predicted octanol–water partition coefficient (Wildman–Crippen LogP) is 2.28. The summed E-state index contributed by atoms with van der Waals surface area (Å²) >= 11 is 0. The van der Waals surface area contributed by atoms with Gasteiger partial charge in [0.25, 0.3) is 0 Å². The van der Waals surface area contributed by atoms with Crippen molar-refractivity contribution in [3.05, 3.63) is 59.9 Å². The van der Waals surface area contributed by atoms with E-state index in [0.717, 1.165) is 26.1 Å². The monoisotopic (exact) mass is 256 g/mol. The number of hydrogen-bond acceptors (Lipinski definition) is 2. The molecule has 100 valence electrons. The fourth-order valence-corrected chi connectivity index (χ4v) is 2.96. The molecule has 1 unspecified atom stereocenters. The summed E-state index contributed by atoms with van der Waals surface area (Å²) in [5.74, 6) is 0. The van der Waals surface area contributed by atoms with Gasteiger partial charge in [0.15, 0.2) is 0 Å². The van der Waals surface area contributed by atoms with Crippen molar-refractivity contribution < 1.29 is 5.11 Å². The lowest BCUT2D eigenvalue weighted by Gasteiger charge is -2.37. The topological polar surface area (TPSA) is 28.4 Å². The van der Waals surface area contributed by atoms with Gasteiger partial charge < -0.3 is 9.67 Å². The third-order valence-electron chi connectivity index (χ3n) is 3.86. The maximum absolute atomic E-state index is 9.08. The molecule has 2 heterocycles. The summed E-state index contributed by atoms with van der Waals surface area (Å²) in [4.78, 5) is 2.47. The minimum absolute atomic E-state index is 0.263. The van der Waals surface area contributed by atoms with Gasteiger partial charge in [0, 0.05) is 38.1 Å². The van der Waals surface area contributed by atoms with Crippen molar-refractivity contribution >= 4 is 0 Å². The SMILES string of the molecule is OCCCN1CCn2cccc2C1c1ccccc1. The van der Waals surface area contributed by atoms with E-state index in [-0.39, 0.29) is 6.61 Å². The van der Waals surface area contributed by atoms with Gasteiger partial charge in [0.1, 0.15) is 0 Å². The summed E-state index contributed by atoms with van der Waals surface area (Å²) in [6, 6.07) is 15.3. The van der Waals surface area contributed by atoms with Crippen LogP contribution in [0.4, 0.5) is 0 Å². The van der Waals surface area contributed by atoms with E-state index in [1.165, 1.54) is 11.3 Å². The van der Waals surface area contributed by atoms with Gasteiger partial charge in [-0.05, 0) is 24.1 Å². The first-order valence-corrected chi connectivity index (χ1v) is 6.95. The van der Waals surface area contributed by atoms with Gasteiger partial charge in [-0.2, -0.15) is 0 Å². The number of hydrogen-bond donors (Lipinski definition) is 1. The van der Waals surface area contributed by atoms with Crippen LogP contribution in [0.25, 0.3) is 0 Å². The zero-order chi connectivity index (χ0) is 13.1. The lowest BCUT2D eigenvalue weighted by molar-refractivity contribution is 0.163. The number of aliphatic hydroxyl groups is 1. The predicted molar refractivity (Wildman–Crippen MR) is 76.0 cm³/mol. The van der Waals surface area contributed by atoms with E-state index < -0.39 is 0 Å². The van der Waals surface area contributed by atoms with E-state index in [4.69, 9.17) is 5.11 Å². The Bertz CT molecular complexity index is 521. The highest BCUT2D eigenvalue weighted by molar-refractivity contribution is 5.30. The number of nitrogens with zero attached hydrogens (tertiary/aromatic N) is 2. The maximum Gasteiger partial charge on any atom is 0.0756 e. The van der Waals surface area contributed by atoms with Crippen molar-refractivity contribution in [2.45, 2.75) is 19.0 Å². The standard InChI is InChI=1S/C16H20N2O/c19-13-5-10-18-12-11-17-9-4-8-15(17)16(18)14-6-2-1-3-7-14/h1-4,6-9,16,19H,5,10-13H2. The number of benzene rings is 1. The van der Waals surface area contributed by atoms with E-state index in [0.29, 0.717) is 6.04 Å². The molecular weight excluding hydrogens is 236 g/mol. The Balaban J connectivity index is 1.95. The second-order valence-corrected chi connectivity index (χ2v) is 5.05. The van der Waals surface area contributed by atoms with Crippen molar-refractivity contribution in [2.24, 2.45) is 0 Å². The summed E-state index contributed by atoms with van der Waals surface area (Å²) < 4.78 is 2.34. The minimum Gasteiger partial charge on any atom is -0.396 e. The first kappa shape index (κ1) is 12.5. The van der Waals surface area contributed by atoms with Crippen LogP contribution in [0.3, 0.4) is 0 Å². The number of rotatable bonds is 4. The molecule has 0 fully saturated rings. The van der Waals surface area contributed by atoms with Gasteiger partial charge in [-0.25, -0.2) is 0 Å². The van der Waals surface area contributed by atoms with Gasteiger partial charge in [0.05, 0.1) is 6.04 Å². The van der Waals surface area contributed by atoms with Crippen molar-refractivity contribution in [1.82, 2.24) is 9.47 Å². The maximum atomic E-state index is 9.08. The molecule has 1 aromatic carbocycles. The lowest BCUT2D eigenvalue weighted by atomic mass is 10.00. The highest BCUT2D eigenvalue weighted by Crippen LogP contribution is 2.32. The molecule has 1 aliphatic heterocycles. The first-order valence-electron chi connectivity index (χ1n) is 6.95. The fraction of sp³-hybridized carbons (Fsp3) is 0.375. The zero-order valence-corrected chi connectivity index (χ0v) is 11.1. The Morgan fingerprint density at radius 2 is 1.89 bits per heavy atom. The Morgan fingerprint density at radius 1 is 1.05 bits per heavy atom. The van der Waals surface area contributed by atoms with Gasteiger partial charge in [0.2, 0.25) is 0 Å². The lowest BCUT2D eigenvalue weighted by Crippen LogP contribution is -2.39. The molecule has 0 saturated heterocycles. The highest BCUT2D eigenvalue weighted by Gasteiger charge is 2.27. The molecule has 1 atom stereocenters. The summed E-state index contributed by atoms with van der Waals surface area (Å²) in [6.07, 6.45) is 3.00. The molecule has 19 heavy (non-hydrogen) atoms. The largest absolute Gasteiger partial charge is 0.396 e. The molecule has 1 aliphatic rings. The Kier molecular flexibility index (Phi) is 3.67. The number of fused-ring (bicyclic) bond motifs is 1. The van der Waals surface area contributed by atoms with Crippen molar-refractivity contribution in [3.8, 4) is 0 Å². The van der Waals surface area contributed by atoms with Crippen LogP contribution in [0.2, 0.25) is 0 Å². The van der Waals surface area contributed by atoms with Gasteiger partial charge >= 0.3 is 0 Å². The second-order valence-electron chi connectivity index (χ2n) is 5.05.